The molecular weight excluding hydrogens is 336 g/mol. The zero-order chi connectivity index (χ0) is 17.3. The van der Waals surface area contributed by atoms with Crippen LogP contribution in [0.2, 0.25) is 0 Å². The molecule has 0 spiro atoms. The molecule has 0 bridgehead atoms. The number of thiol groups is 1. The van der Waals surface area contributed by atoms with Gasteiger partial charge in [0.1, 0.15) is 0 Å². The summed E-state index contributed by atoms with van der Waals surface area (Å²) in [6, 6.07) is 11.9. The molecule has 0 aliphatic carbocycles. The van der Waals surface area contributed by atoms with E-state index in [9.17, 15) is 17.2 Å². The molecule has 3 rings (SSSR count). The van der Waals surface area contributed by atoms with Crippen molar-refractivity contribution in [1.82, 2.24) is 9.78 Å². The molecule has 3 aromatic rings. The predicted octanol–water partition coefficient (Wildman–Crippen LogP) is 3.06. The average molecular weight is 349 g/mol. The van der Waals surface area contributed by atoms with Crippen molar-refractivity contribution in [2.75, 3.05) is 4.72 Å². The van der Waals surface area contributed by atoms with Crippen LogP contribution in [0.25, 0.3) is 16.9 Å². The Kier molecular flexibility index (Phi) is 4.30. The van der Waals surface area contributed by atoms with Crippen molar-refractivity contribution < 1.29 is 17.2 Å². The number of anilines is 1. The molecule has 0 saturated heterocycles. The third kappa shape index (κ3) is 3.28. The summed E-state index contributed by atoms with van der Waals surface area (Å²) in [5, 5.41) is 4.36. The van der Waals surface area contributed by atoms with Crippen LogP contribution in [0.1, 0.15) is 5.69 Å². The fraction of sp³-hybridized carbons (Fsp3) is 0.0625. The molecule has 1 N–H and O–H groups in total. The van der Waals surface area contributed by atoms with E-state index in [1.807, 2.05) is 0 Å². The van der Waals surface area contributed by atoms with Gasteiger partial charge in [-0.15, -0.1) is 0 Å². The van der Waals surface area contributed by atoms with Gasteiger partial charge in [-0.05, 0) is 55.5 Å². The number of benzene rings is 2. The first-order valence-electron chi connectivity index (χ1n) is 6.97. The van der Waals surface area contributed by atoms with Crippen LogP contribution in [-0.4, -0.2) is 18.2 Å². The maximum absolute atomic E-state index is 13.5. The van der Waals surface area contributed by atoms with Crippen molar-refractivity contribution >= 4 is 16.6 Å². The molecule has 1 heterocycles. The lowest BCUT2D eigenvalue weighted by atomic mass is 10.1. The van der Waals surface area contributed by atoms with Gasteiger partial charge in [0.25, 0.3) is 0 Å². The Morgan fingerprint density at radius 2 is 1.71 bits per heavy atom. The van der Waals surface area contributed by atoms with Gasteiger partial charge in [0.05, 0.1) is 17.1 Å². The Balaban J connectivity index is 2.04. The molecule has 1 aromatic heterocycles. The lowest BCUT2D eigenvalue weighted by molar-refractivity contribution is 0.509. The number of nitrogens with one attached hydrogen (secondary N) is 1. The molecule has 124 valence electrons. The lowest BCUT2D eigenvalue weighted by Crippen LogP contribution is -2.01. The van der Waals surface area contributed by atoms with E-state index in [2.05, 4.69) is 9.82 Å². The van der Waals surface area contributed by atoms with E-state index >= 15 is 0 Å². The molecule has 0 saturated carbocycles. The van der Waals surface area contributed by atoms with Crippen molar-refractivity contribution in [2.24, 2.45) is 0 Å². The molecular formula is C16H13F2N3O2S. The van der Waals surface area contributed by atoms with Gasteiger partial charge >= 0.3 is 0 Å². The summed E-state index contributed by atoms with van der Waals surface area (Å²) >= 11 is 0. The topological polar surface area (TPSA) is 64.0 Å². The largest absolute Gasteiger partial charge is 0.286 e. The maximum Gasteiger partial charge on any atom is 0.222 e. The number of aryl methyl sites for hydroxylation is 1. The Hall–Kier alpha value is -2.74. The third-order valence-electron chi connectivity index (χ3n) is 3.38. The van der Waals surface area contributed by atoms with Crippen LogP contribution in [0.15, 0.2) is 48.5 Å². The van der Waals surface area contributed by atoms with E-state index in [4.69, 9.17) is 0 Å². The fourth-order valence-corrected chi connectivity index (χ4v) is 2.70. The summed E-state index contributed by atoms with van der Waals surface area (Å²) in [7, 11) is -2.74. The Morgan fingerprint density at radius 1 is 1.00 bits per heavy atom. The minimum Gasteiger partial charge on any atom is -0.286 e. The molecule has 0 aliphatic heterocycles. The smallest absolute Gasteiger partial charge is 0.222 e. The summed E-state index contributed by atoms with van der Waals surface area (Å²) in [6.07, 6.45) is 0. The highest BCUT2D eigenvalue weighted by Crippen LogP contribution is 2.26. The van der Waals surface area contributed by atoms with Crippen LogP contribution in [0.5, 0.6) is 0 Å². The molecule has 0 amide bonds. The predicted molar refractivity (Wildman–Crippen MR) is 87.6 cm³/mol. The summed E-state index contributed by atoms with van der Waals surface area (Å²) in [5.74, 6) is -1.85. The number of rotatable bonds is 4. The molecule has 0 radical (unpaired) electrons. The second kappa shape index (κ2) is 6.40. The summed E-state index contributed by atoms with van der Waals surface area (Å²) < 4.78 is 51.9. The normalized spacial score (nSPS) is 11.0. The second-order valence-corrected chi connectivity index (χ2v) is 5.87. The molecule has 24 heavy (non-hydrogen) atoms. The molecule has 0 fully saturated rings. The number of hydrogen-bond donors (Lipinski definition) is 2. The lowest BCUT2D eigenvalue weighted by Gasteiger charge is -2.09. The van der Waals surface area contributed by atoms with Crippen LogP contribution in [0.4, 0.5) is 14.5 Å². The van der Waals surface area contributed by atoms with Crippen molar-refractivity contribution in [3.8, 4) is 16.9 Å². The monoisotopic (exact) mass is 349 g/mol. The average Bonchev–Trinajstić information content (AvgIpc) is 2.92. The minimum atomic E-state index is -2.74. The molecule has 2 aromatic carbocycles. The maximum atomic E-state index is 13.5. The first-order valence-corrected chi connectivity index (χ1v) is 8.15. The van der Waals surface area contributed by atoms with Crippen LogP contribution in [-0.2, 0) is 10.9 Å². The first-order chi connectivity index (χ1) is 11.4. The quantitative estimate of drug-likeness (QED) is 0.712. The highest BCUT2D eigenvalue weighted by atomic mass is 32.2. The molecule has 8 heteroatoms. The first kappa shape index (κ1) is 16.1. The van der Waals surface area contributed by atoms with E-state index in [-0.39, 0.29) is 0 Å². The SMILES string of the molecule is Cc1cc(-c2ccc(F)c(F)c2)n(-c2ccc(N[SH](=O)=O)cc2)n1. The minimum absolute atomic E-state index is 0.424. The number of hydrogen-bond acceptors (Lipinski definition) is 3. The van der Waals surface area contributed by atoms with E-state index in [1.54, 1.807) is 41.9 Å². The van der Waals surface area contributed by atoms with Crippen LogP contribution < -0.4 is 4.72 Å². The Labute approximate surface area is 138 Å². The van der Waals surface area contributed by atoms with Crippen LogP contribution in [0, 0.1) is 18.6 Å². The van der Waals surface area contributed by atoms with Gasteiger partial charge in [0, 0.05) is 11.3 Å². The molecule has 5 nitrogen and oxygen atoms in total. The van der Waals surface area contributed by atoms with Crippen molar-refractivity contribution in [1.29, 1.82) is 0 Å². The van der Waals surface area contributed by atoms with Gasteiger partial charge < -0.3 is 0 Å². The van der Waals surface area contributed by atoms with E-state index in [0.717, 1.165) is 12.1 Å². The highest BCUT2D eigenvalue weighted by molar-refractivity contribution is 7.73. The van der Waals surface area contributed by atoms with Gasteiger partial charge in [-0.3, -0.25) is 4.72 Å². The standard InChI is InChI=1S/C16H13F2N3O2S/c1-10-8-16(11-2-7-14(17)15(18)9-11)21(19-10)13-5-3-12(4-6-13)20-24(22)23/h2-9,24H,1H3,(H,20,22,23). The van der Waals surface area contributed by atoms with Crippen LogP contribution >= 0.6 is 0 Å². The zero-order valence-electron chi connectivity index (χ0n) is 12.5. The second-order valence-electron chi connectivity index (χ2n) is 5.13. The number of aromatic nitrogens is 2. The summed E-state index contributed by atoms with van der Waals surface area (Å²) in [4.78, 5) is 0. The summed E-state index contributed by atoms with van der Waals surface area (Å²) in [6.45, 7) is 1.79. The Bertz CT molecular complexity index is 958. The molecule has 0 unspecified atom stereocenters. The number of nitrogens with zero attached hydrogens (tertiary/aromatic N) is 2. The van der Waals surface area contributed by atoms with Gasteiger partial charge in [-0.25, -0.2) is 21.9 Å². The van der Waals surface area contributed by atoms with E-state index in [1.165, 1.54) is 6.07 Å². The van der Waals surface area contributed by atoms with Crippen LogP contribution in [0.3, 0.4) is 0 Å². The van der Waals surface area contributed by atoms with Gasteiger partial charge in [0.15, 0.2) is 11.6 Å². The Morgan fingerprint density at radius 3 is 2.33 bits per heavy atom. The zero-order valence-corrected chi connectivity index (χ0v) is 13.4. The van der Waals surface area contributed by atoms with E-state index in [0.29, 0.717) is 28.3 Å². The van der Waals surface area contributed by atoms with E-state index < -0.39 is 22.5 Å². The molecule has 0 aliphatic rings. The van der Waals surface area contributed by atoms with Gasteiger partial charge in [-0.1, -0.05) is 0 Å². The molecule has 0 atom stereocenters. The fourth-order valence-electron chi connectivity index (χ4n) is 2.34. The van der Waals surface area contributed by atoms with Gasteiger partial charge in [-0.2, -0.15) is 5.10 Å². The number of halogens is 2. The highest BCUT2D eigenvalue weighted by Gasteiger charge is 2.12. The van der Waals surface area contributed by atoms with Crippen molar-refractivity contribution in [3.05, 3.63) is 65.9 Å². The van der Waals surface area contributed by atoms with Gasteiger partial charge in [0.2, 0.25) is 10.9 Å². The summed E-state index contributed by atoms with van der Waals surface area (Å²) in [5.41, 5.74) is 2.88. The van der Waals surface area contributed by atoms with Crippen molar-refractivity contribution in [3.63, 3.8) is 0 Å². The third-order valence-corrected chi connectivity index (χ3v) is 3.82. The van der Waals surface area contributed by atoms with Crippen molar-refractivity contribution in [2.45, 2.75) is 6.92 Å².